The van der Waals surface area contributed by atoms with E-state index < -0.39 is 11.6 Å². The molecule has 0 unspecified atom stereocenters. The molecule has 2 aromatic rings. The van der Waals surface area contributed by atoms with E-state index in [4.69, 9.17) is 0 Å². The van der Waals surface area contributed by atoms with Crippen LogP contribution in [-0.4, -0.2) is 0 Å². The smallest absolute Gasteiger partial charge is 0.159 e. The summed E-state index contributed by atoms with van der Waals surface area (Å²) in [6.45, 7) is 2.22. The summed E-state index contributed by atoms with van der Waals surface area (Å²) in [6.07, 6.45) is 13.8. The predicted molar refractivity (Wildman–Crippen MR) is 107 cm³/mol. The highest BCUT2D eigenvalue weighted by atomic mass is 19.2. The molecule has 0 radical (unpaired) electrons. The topological polar surface area (TPSA) is 0 Å². The van der Waals surface area contributed by atoms with Crippen LogP contribution in [0.25, 0.3) is 0 Å². The first-order valence-corrected chi connectivity index (χ1v) is 10.4. The average molecular weight is 366 g/mol. The molecular formula is C25H28F2. The Morgan fingerprint density at radius 2 is 1.67 bits per heavy atom. The summed E-state index contributed by atoms with van der Waals surface area (Å²) >= 11 is 0. The molecule has 0 nitrogen and oxygen atoms in total. The molecule has 142 valence electrons. The second-order valence-corrected chi connectivity index (χ2v) is 8.17. The minimum atomic E-state index is -0.758. The van der Waals surface area contributed by atoms with Crippen LogP contribution in [0.2, 0.25) is 0 Å². The second-order valence-electron chi connectivity index (χ2n) is 8.17. The predicted octanol–water partition coefficient (Wildman–Crippen LogP) is 6.70. The number of halogens is 2. The van der Waals surface area contributed by atoms with Crippen molar-refractivity contribution in [1.82, 2.24) is 0 Å². The minimum Gasteiger partial charge on any atom is -0.204 e. The summed E-state index contributed by atoms with van der Waals surface area (Å²) in [5, 5.41) is 0. The van der Waals surface area contributed by atoms with Gasteiger partial charge in [0.05, 0.1) is 0 Å². The van der Waals surface area contributed by atoms with Crippen LogP contribution in [0.1, 0.15) is 66.3 Å². The Morgan fingerprint density at radius 1 is 0.926 bits per heavy atom. The molecule has 0 amide bonds. The van der Waals surface area contributed by atoms with Crippen molar-refractivity contribution in [2.45, 2.75) is 64.2 Å². The van der Waals surface area contributed by atoms with Gasteiger partial charge in [-0.05, 0) is 96.7 Å². The fourth-order valence-electron chi connectivity index (χ4n) is 4.87. The van der Waals surface area contributed by atoms with E-state index in [-0.39, 0.29) is 0 Å². The number of unbranched alkanes of at least 4 members (excludes halogenated alkanes) is 1. The van der Waals surface area contributed by atoms with Crippen molar-refractivity contribution in [3.05, 3.63) is 81.9 Å². The highest BCUT2D eigenvalue weighted by Crippen LogP contribution is 2.38. The van der Waals surface area contributed by atoms with E-state index >= 15 is 0 Å². The van der Waals surface area contributed by atoms with Crippen LogP contribution in [0, 0.1) is 17.6 Å². The maximum atomic E-state index is 13.6. The summed E-state index contributed by atoms with van der Waals surface area (Å²) in [7, 11) is 0. The second kappa shape index (κ2) is 7.96. The average Bonchev–Trinajstić information content (AvgIpc) is 2.69. The molecule has 0 heterocycles. The Kier molecular flexibility index (Phi) is 5.43. The van der Waals surface area contributed by atoms with Gasteiger partial charge in [-0.2, -0.15) is 0 Å². The van der Waals surface area contributed by atoms with E-state index in [1.54, 1.807) is 17.2 Å². The molecule has 0 saturated carbocycles. The number of rotatable bonds is 4. The van der Waals surface area contributed by atoms with Gasteiger partial charge in [-0.25, -0.2) is 8.78 Å². The number of hydrogen-bond donors (Lipinski definition) is 0. The molecule has 2 aliphatic rings. The third kappa shape index (κ3) is 3.85. The zero-order chi connectivity index (χ0) is 18.8. The quantitative estimate of drug-likeness (QED) is 0.528. The summed E-state index contributed by atoms with van der Waals surface area (Å²) < 4.78 is 26.9. The van der Waals surface area contributed by atoms with Crippen LogP contribution < -0.4 is 0 Å². The Hall–Kier alpha value is -1.96. The zero-order valence-corrected chi connectivity index (χ0v) is 16.1. The molecule has 2 aliphatic carbocycles. The SMILES string of the molecule is CCCC=C[C@H]1CCc2c(ccc3c2CC[C@H](c2ccc(F)c(F)c2)C3)C1. The molecule has 0 saturated heterocycles. The van der Waals surface area contributed by atoms with Crippen molar-refractivity contribution in [3.8, 4) is 0 Å². The number of hydrogen-bond acceptors (Lipinski definition) is 0. The summed E-state index contributed by atoms with van der Waals surface area (Å²) in [6, 6.07) is 9.01. The molecule has 0 aliphatic heterocycles. The van der Waals surface area contributed by atoms with Crippen LogP contribution in [0.4, 0.5) is 8.78 Å². The van der Waals surface area contributed by atoms with Gasteiger partial charge >= 0.3 is 0 Å². The Labute approximate surface area is 161 Å². The van der Waals surface area contributed by atoms with E-state index in [0.717, 1.165) is 31.2 Å². The van der Waals surface area contributed by atoms with Crippen LogP contribution in [0.15, 0.2) is 42.5 Å². The highest BCUT2D eigenvalue weighted by molar-refractivity contribution is 5.46. The van der Waals surface area contributed by atoms with Gasteiger partial charge < -0.3 is 0 Å². The van der Waals surface area contributed by atoms with Gasteiger partial charge in [-0.15, -0.1) is 0 Å². The first-order valence-electron chi connectivity index (χ1n) is 10.4. The molecule has 0 spiro atoms. The zero-order valence-electron chi connectivity index (χ0n) is 16.1. The van der Waals surface area contributed by atoms with Gasteiger partial charge in [0.1, 0.15) is 0 Å². The maximum absolute atomic E-state index is 13.6. The fraction of sp³-hybridized carbons (Fsp3) is 0.440. The molecule has 2 aromatic carbocycles. The fourth-order valence-corrected chi connectivity index (χ4v) is 4.87. The number of allylic oxidation sites excluding steroid dienone is 2. The van der Waals surface area contributed by atoms with Crippen LogP contribution >= 0.6 is 0 Å². The molecule has 0 N–H and O–H groups in total. The van der Waals surface area contributed by atoms with Crippen molar-refractivity contribution in [3.63, 3.8) is 0 Å². The molecular weight excluding hydrogens is 338 g/mol. The van der Waals surface area contributed by atoms with Gasteiger partial charge in [0.25, 0.3) is 0 Å². The van der Waals surface area contributed by atoms with Crippen molar-refractivity contribution in [1.29, 1.82) is 0 Å². The van der Waals surface area contributed by atoms with Gasteiger partial charge in [-0.1, -0.05) is 43.7 Å². The lowest BCUT2D eigenvalue weighted by atomic mass is 9.74. The van der Waals surface area contributed by atoms with E-state index in [0.29, 0.717) is 11.8 Å². The first kappa shape index (κ1) is 18.4. The molecule has 27 heavy (non-hydrogen) atoms. The molecule has 0 bridgehead atoms. The van der Waals surface area contributed by atoms with Gasteiger partial charge in [0.2, 0.25) is 0 Å². The third-order valence-corrected chi connectivity index (χ3v) is 6.36. The Morgan fingerprint density at radius 3 is 2.41 bits per heavy atom. The Balaban J connectivity index is 1.52. The van der Waals surface area contributed by atoms with Crippen LogP contribution in [0.5, 0.6) is 0 Å². The monoisotopic (exact) mass is 366 g/mol. The van der Waals surface area contributed by atoms with Crippen molar-refractivity contribution < 1.29 is 8.78 Å². The van der Waals surface area contributed by atoms with Gasteiger partial charge in [0, 0.05) is 0 Å². The molecule has 0 fully saturated rings. The molecule has 2 atom stereocenters. The molecule has 2 heteroatoms. The van der Waals surface area contributed by atoms with Gasteiger partial charge in [0.15, 0.2) is 11.6 Å². The first-order chi connectivity index (χ1) is 13.2. The molecule has 0 aromatic heterocycles. The minimum absolute atomic E-state index is 0.291. The largest absolute Gasteiger partial charge is 0.204 e. The Bertz CT molecular complexity index is 850. The third-order valence-electron chi connectivity index (χ3n) is 6.36. The van der Waals surface area contributed by atoms with Crippen LogP contribution in [0.3, 0.4) is 0 Å². The van der Waals surface area contributed by atoms with E-state index in [9.17, 15) is 8.78 Å². The summed E-state index contributed by atoms with van der Waals surface area (Å²) in [5.74, 6) is -0.517. The normalized spacial score (nSPS) is 21.9. The summed E-state index contributed by atoms with van der Waals surface area (Å²) in [4.78, 5) is 0. The van der Waals surface area contributed by atoms with Crippen molar-refractivity contribution in [2.75, 3.05) is 0 Å². The highest BCUT2D eigenvalue weighted by Gasteiger charge is 2.26. The van der Waals surface area contributed by atoms with Crippen LogP contribution in [-0.2, 0) is 25.7 Å². The lowest BCUT2D eigenvalue weighted by Gasteiger charge is -2.31. The van der Waals surface area contributed by atoms with E-state index in [1.165, 1.54) is 48.9 Å². The van der Waals surface area contributed by atoms with E-state index in [1.807, 2.05) is 0 Å². The van der Waals surface area contributed by atoms with Crippen molar-refractivity contribution >= 4 is 0 Å². The number of fused-ring (bicyclic) bond motifs is 3. The lowest BCUT2D eigenvalue weighted by Crippen LogP contribution is -2.20. The molecule has 4 rings (SSSR count). The number of benzene rings is 2. The van der Waals surface area contributed by atoms with Gasteiger partial charge in [-0.3, -0.25) is 0 Å². The van der Waals surface area contributed by atoms with Crippen molar-refractivity contribution in [2.24, 2.45) is 5.92 Å². The summed E-state index contributed by atoms with van der Waals surface area (Å²) in [5.41, 5.74) is 6.99. The lowest BCUT2D eigenvalue weighted by molar-refractivity contribution is 0.500. The maximum Gasteiger partial charge on any atom is 0.159 e. The van der Waals surface area contributed by atoms with E-state index in [2.05, 4.69) is 31.2 Å². The standard InChI is InChI=1S/C25H28F2/c1-2-3-4-5-17-6-11-22-20(14-17)7-8-21-15-18(9-12-23(21)22)19-10-13-24(26)25(27)16-19/h4-5,7-8,10,13,16-18H,2-3,6,9,11-12,14-15H2,1H3/t17-,18-/m0/s1.